The van der Waals surface area contributed by atoms with Gasteiger partial charge in [-0.2, -0.15) is 0 Å². The number of H-pyrrole nitrogens is 1. The van der Waals surface area contributed by atoms with Crippen LogP contribution in [-0.2, 0) is 0 Å². The summed E-state index contributed by atoms with van der Waals surface area (Å²) in [4.78, 5) is 7.14. The third kappa shape index (κ3) is 1.11. The maximum Gasteiger partial charge on any atom is 0.188 e. The molecule has 1 heterocycles. The van der Waals surface area contributed by atoms with Gasteiger partial charge in [-0.15, -0.1) is 0 Å². The number of hydrogen-bond donors (Lipinski definition) is 1. The van der Waals surface area contributed by atoms with E-state index in [0.29, 0.717) is 11.5 Å². The van der Waals surface area contributed by atoms with Crippen LogP contribution < -0.4 is 9.47 Å². The van der Waals surface area contributed by atoms with Gasteiger partial charge in [-0.25, -0.2) is 4.98 Å². The van der Waals surface area contributed by atoms with E-state index < -0.39 is 0 Å². The topological polar surface area (TPSA) is 47.1 Å². The molecule has 4 nitrogen and oxygen atoms in total. The Kier molecular flexibility index (Phi) is 1.81. The molecule has 13 heavy (non-hydrogen) atoms. The van der Waals surface area contributed by atoms with Gasteiger partial charge in [-0.3, -0.25) is 0 Å². The molecule has 68 valence electrons. The molecule has 0 bridgehead atoms. The zero-order valence-corrected chi connectivity index (χ0v) is 7.50. The molecule has 1 aromatic heterocycles. The molecule has 0 aliphatic rings. The Balaban J connectivity index is 2.74. The lowest BCUT2D eigenvalue weighted by Gasteiger charge is -2.06. The minimum atomic E-state index is 0.668. The highest BCUT2D eigenvalue weighted by Crippen LogP contribution is 2.32. The number of aromatic nitrogens is 2. The predicted octanol–water partition coefficient (Wildman–Crippen LogP) is 1.58. The molecule has 1 N–H and O–H groups in total. The molecular formula is C9H10N2O2. The Morgan fingerprint density at radius 2 is 2.08 bits per heavy atom. The summed E-state index contributed by atoms with van der Waals surface area (Å²) in [6.07, 6.45) is 1.63. The standard InChI is InChI=1S/C9H10N2O2/c1-12-7-4-3-6-8(9(7)13-2)11-5-10-6/h3-5H,1-2H3,(H,10,11). The summed E-state index contributed by atoms with van der Waals surface area (Å²) in [7, 11) is 3.21. The van der Waals surface area contributed by atoms with Crippen molar-refractivity contribution in [2.24, 2.45) is 0 Å². The van der Waals surface area contributed by atoms with Crippen molar-refractivity contribution in [2.45, 2.75) is 0 Å². The molecule has 0 fully saturated rings. The van der Waals surface area contributed by atoms with E-state index >= 15 is 0 Å². The zero-order valence-electron chi connectivity index (χ0n) is 7.50. The Labute approximate surface area is 75.5 Å². The van der Waals surface area contributed by atoms with Crippen molar-refractivity contribution in [3.05, 3.63) is 18.5 Å². The van der Waals surface area contributed by atoms with Gasteiger partial charge in [0.2, 0.25) is 0 Å². The Hall–Kier alpha value is -1.71. The number of nitrogens with one attached hydrogen (secondary N) is 1. The summed E-state index contributed by atoms with van der Waals surface area (Å²) >= 11 is 0. The summed E-state index contributed by atoms with van der Waals surface area (Å²) in [5.41, 5.74) is 1.74. The fourth-order valence-electron chi connectivity index (χ4n) is 1.32. The summed E-state index contributed by atoms with van der Waals surface area (Å²) in [5.74, 6) is 1.36. The van der Waals surface area contributed by atoms with Crippen molar-refractivity contribution in [3.63, 3.8) is 0 Å². The summed E-state index contributed by atoms with van der Waals surface area (Å²) in [6, 6.07) is 3.75. The fraction of sp³-hybridized carbons (Fsp3) is 0.222. The van der Waals surface area contributed by atoms with Gasteiger partial charge in [0.1, 0.15) is 5.52 Å². The van der Waals surface area contributed by atoms with E-state index in [1.807, 2.05) is 12.1 Å². The molecule has 0 aliphatic heterocycles. The molecule has 0 spiro atoms. The van der Waals surface area contributed by atoms with Crippen molar-refractivity contribution in [3.8, 4) is 11.5 Å². The number of hydrogen-bond acceptors (Lipinski definition) is 3. The summed E-state index contributed by atoms with van der Waals surface area (Å²) in [6.45, 7) is 0. The average molecular weight is 178 g/mol. The first-order valence-electron chi connectivity index (χ1n) is 3.91. The lowest BCUT2D eigenvalue weighted by Crippen LogP contribution is -1.90. The number of imidazole rings is 1. The number of benzene rings is 1. The maximum absolute atomic E-state index is 5.20. The molecule has 1 aromatic carbocycles. The van der Waals surface area contributed by atoms with Crippen molar-refractivity contribution in [1.29, 1.82) is 0 Å². The lowest BCUT2D eigenvalue weighted by atomic mass is 10.2. The number of aromatic amines is 1. The third-order valence-electron chi connectivity index (χ3n) is 1.93. The molecular weight excluding hydrogens is 168 g/mol. The molecule has 0 aliphatic carbocycles. The SMILES string of the molecule is COc1ccc2[nH]cnc2c1OC. The quantitative estimate of drug-likeness (QED) is 0.759. The number of ether oxygens (including phenoxy) is 2. The van der Waals surface area contributed by atoms with Crippen molar-refractivity contribution in [1.82, 2.24) is 9.97 Å². The summed E-state index contributed by atoms with van der Waals surface area (Å²) < 4.78 is 10.3. The molecule has 0 amide bonds. The van der Waals surface area contributed by atoms with E-state index in [1.54, 1.807) is 20.5 Å². The first kappa shape index (κ1) is 7.91. The van der Waals surface area contributed by atoms with Crippen LogP contribution in [0.1, 0.15) is 0 Å². The van der Waals surface area contributed by atoms with Gasteiger partial charge in [-0.05, 0) is 12.1 Å². The molecule has 0 saturated heterocycles. The largest absolute Gasteiger partial charge is 0.493 e. The maximum atomic E-state index is 5.20. The van der Waals surface area contributed by atoms with E-state index in [2.05, 4.69) is 9.97 Å². The highest BCUT2D eigenvalue weighted by atomic mass is 16.5. The summed E-state index contributed by atoms with van der Waals surface area (Å²) in [5, 5.41) is 0. The van der Waals surface area contributed by atoms with Gasteiger partial charge in [0.25, 0.3) is 0 Å². The molecule has 0 radical (unpaired) electrons. The second kappa shape index (κ2) is 2.97. The van der Waals surface area contributed by atoms with E-state index in [9.17, 15) is 0 Å². The highest BCUT2D eigenvalue weighted by Gasteiger charge is 2.09. The van der Waals surface area contributed by atoms with Gasteiger partial charge in [0, 0.05) is 0 Å². The Morgan fingerprint density at radius 1 is 1.23 bits per heavy atom. The minimum Gasteiger partial charge on any atom is -0.493 e. The van der Waals surface area contributed by atoms with Crippen LogP contribution in [-0.4, -0.2) is 24.2 Å². The molecule has 0 atom stereocenters. The van der Waals surface area contributed by atoms with Crippen LogP contribution >= 0.6 is 0 Å². The zero-order chi connectivity index (χ0) is 9.26. The second-order valence-electron chi connectivity index (χ2n) is 2.60. The molecule has 4 heteroatoms. The molecule has 2 aromatic rings. The smallest absolute Gasteiger partial charge is 0.188 e. The van der Waals surface area contributed by atoms with Crippen LogP contribution in [0.25, 0.3) is 11.0 Å². The number of fused-ring (bicyclic) bond motifs is 1. The average Bonchev–Trinajstić information content (AvgIpc) is 2.63. The number of rotatable bonds is 2. The highest BCUT2D eigenvalue weighted by molar-refractivity contribution is 5.84. The van der Waals surface area contributed by atoms with Crippen LogP contribution in [0.4, 0.5) is 0 Å². The van der Waals surface area contributed by atoms with Gasteiger partial charge in [0.05, 0.1) is 26.1 Å². The first-order chi connectivity index (χ1) is 6.36. The van der Waals surface area contributed by atoms with Crippen LogP contribution in [0.15, 0.2) is 18.5 Å². The Morgan fingerprint density at radius 3 is 2.77 bits per heavy atom. The van der Waals surface area contributed by atoms with Gasteiger partial charge in [0.15, 0.2) is 11.5 Å². The van der Waals surface area contributed by atoms with E-state index in [0.717, 1.165) is 11.0 Å². The van der Waals surface area contributed by atoms with E-state index in [-0.39, 0.29) is 0 Å². The van der Waals surface area contributed by atoms with Crippen LogP contribution in [0.2, 0.25) is 0 Å². The van der Waals surface area contributed by atoms with Gasteiger partial charge < -0.3 is 14.5 Å². The third-order valence-corrected chi connectivity index (χ3v) is 1.93. The Bertz CT molecular complexity index is 422. The van der Waals surface area contributed by atoms with E-state index in [4.69, 9.17) is 9.47 Å². The second-order valence-corrected chi connectivity index (χ2v) is 2.60. The number of methoxy groups -OCH3 is 2. The van der Waals surface area contributed by atoms with E-state index in [1.165, 1.54) is 0 Å². The van der Waals surface area contributed by atoms with Crippen LogP contribution in [0.3, 0.4) is 0 Å². The van der Waals surface area contributed by atoms with Crippen molar-refractivity contribution >= 4 is 11.0 Å². The van der Waals surface area contributed by atoms with Gasteiger partial charge in [-0.1, -0.05) is 0 Å². The normalized spacial score (nSPS) is 10.3. The predicted molar refractivity (Wildman–Crippen MR) is 49.2 cm³/mol. The fourth-order valence-corrected chi connectivity index (χ4v) is 1.32. The molecule has 0 unspecified atom stereocenters. The van der Waals surface area contributed by atoms with Crippen molar-refractivity contribution in [2.75, 3.05) is 14.2 Å². The molecule has 0 saturated carbocycles. The lowest BCUT2D eigenvalue weighted by molar-refractivity contribution is 0.358. The molecule has 2 rings (SSSR count). The minimum absolute atomic E-state index is 0.668. The van der Waals surface area contributed by atoms with Gasteiger partial charge >= 0.3 is 0 Å². The number of nitrogens with zero attached hydrogens (tertiary/aromatic N) is 1. The van der Waals surface area contributed by atoms with Crippen molar-refractivity contribution < 1.29 is 9.47 Å². The first-order valence-corrected chi connectivity index (χ1v) is 3.91. The van der Waals surface area contributed by atoms with Crippen LogP contribution in [0, 0.1) is 0 Å². The van der Waals surface area contributed by atoms with Crippen LogP contribution in [0.5, 0.6) is 11.5 Å². The monoisotopic (exact) mass is 178 g/mol.